The fraction of sp³-hybridized carbons (Fsp3) is 0.800. The van der Waals surface area contributed by atoms with Gasteiger partial charge in [-0.1, -0.05) is 0 Å². The smallest absolute Gasteiger partial charge is 0.407 e. The van der Waals surface area contributed by atoms with Crippen molar-refractivity contribution in [2.24, 2.45) is 11.8 Å². The minimum Gasteiger partial charge on any atom is -0.469 e. The molecule has 2 aliphatic carbocycles. The van der Waals surface area contributed by atoms with Crippen LogP contribution >= 0.6 is 0 Å². The zero-order valence-corrected chi connectivity index (χ0v) is 19.0. The Morgan fingerprint density at radius 3 is 1.20 bits per heavy atom. The van der Waals surface area contributed by atoms with E-state index in [1.54, 1.807) is 41.5 Å². The highest BCUT2D eigenvalue weighted by Crippen LogP contribution is 2.32. The van der Waals surface area contributed by atoms with E-state index in [1.807, 2.05) is 0 Å². The summed E-state index contributed by atoms with van der Waals surface area (Å²) in [5.74, 6) is -0.975. The van der Waals surface area contributed by atoms with Crippen LogP contribution in [0.3, 0.4) is 0 Å². The van der Waals surface area contributed by atoms with Crippen molar-refractivity contribution in [1.29, 1.82) is 0 Å². The van der Waals surface area contributed by atoms with Crippen LogP contribution in [0.2, 0.25) is 0 Å². The molecule has 0 aromatic carbocycles. The standard InChI is InChI=1S/2C10H17NO4/c2*1-10(2,3)15-9(13)11-7-5-6(7)8(12)14-4/h2*6-7H,5H2,1-4H3,(H,11,13)/t2*6-,7+/m10/s1. The second kappa shape index (κ2) is 9.99. The van der Waals surface area contributed by atoms with Gasteiger partial charge in [-0.15, -0.1) is 0 Å². The molecule has 2 saturated carbocycles. The second-order valence-electron chi connectivity index (χ2n) is 9.24. The van der Waals surface area contributed by atoms with Gasteiger partial charge in [0.1, 0.15) is 11.2 Å². The van der Waals surface area contributed by atoms with E-state index in [-0.39, 0.29) is 35.9 Å². The van der Waals surface area contributed by atoms with Crippen LogP contribution in [0.5, 0.6) is 0 Å². The van der Waals surface area contributed by atoms with Gasteiger partial charge in [-0.05, 0) is 54.4 Å². The molecule has 0 saturated heterocycles. The van der Waals surface area contributed by atoms with Crippen molar-refractivity contribution >= 4 is 24.1 Å². The summed E-state index contributed by atoms with van der Waals surface area (Å²) in [5, 5.41) is 5.23. The highest BCUT2D eigenvalue weighted by Gasteiger charge is 2.46. The minimum absolute atomic E-state index is 0.132. The van der Waals surface area contributed by atoms with Crippen LogP contribution < -0.4 is 10.6 Å². The molecule has 10 heteroatoms. The van der Waals surface area contributed by atoms with Crippen LogP contribution in [0.15, 0.2) is 0 Å². The fourth-order valence-electron chi connectivity index (χ4n) is 2.45. The first-order valence-electron chi connectivity index (χ1n) is 9.81. The second-order valence-corrected chi connectivity index (χ2v) is 9.24. The Morgan fingerprint density at radius 2 is 0.967 bits per heavy atom. The molecule has 0 bridgehead atoms. The lowest BCUT2D eigenvalue weighted by molar-refractivity contribution is -0.143. The minimum atomic E-state index is -0.514. The Bertz CT molecular complexity index is 594. The number of methoxy groups -OCH3 is 2. The summed E-state index contributed by atoms with van der Waals surface area (Å²) in [7, 11) is 2.68. The number of carbonyl (C=O) groups is 4. The number of hydrogen-bond donors (Lipinski definition) is 2. The average Bonchev–Trinajstić information content (AvgIpc) is 3.47. The molecule has 4 atom stereocenters. The molecule has 0 heterocycles. The highest BCUT2D eigenvalue weighted by atomic mass is 16.6. The molecule has 0 aromatic rings. The molecule has 0 aliphatic heterocycles. The van der Waals surface area contributed by atoms with E-state index in [9.17, 15) is 19.2 Å². The number of rotatable bonds is 4. The molecule has 2 fully saturated rings. The SMILES string of the molecule is COC(=O)[C@@H]1C[C@@H]1NC(=O)OC(C)(C)C.COC(=O)[C@H]1C[C@H]1NC(=O)OC(C)(C)C. The molecule has 0 radical (unpaired) electrons. The maximum absolute atomic E-state index is 11.3. The molecular formula is C20H34N2O8. The summed E-state index contributed by atoms with van der Waals surface area (Å²) in [6, 6.07) is -0.264. The number of hydrogen-bond acceptors (Lipinski definition) is 8. The molecule has 0 unspecified atom stereocenters. The van der Waals surface area contributed by atoms with Gasteiger partial charge in [-0.3, -0.25) is 9.59 Å². The quantitative estimate of drug-likeness (QED) is 0.513. The van der Waals surface area contributed by atoms with Gasteiger partial charge >= 0.3 is 24.1 Å². The topological polar surface area (TPSA) is 129 Å². The van der Waals surface area contributed by atoms with Gasteiger partial charge in [0.25, 0.3) is 0 Å². The Hall–Kier alpha value is -2.52. The lowest BCUT2D eigenvalue weighted by atomic mass is 10.2. The van der Waals surface area contributed by atoms with Crippen LogP contribution in [0.4, 0.5) is 9.59 Å². The molecular weight excluding hydrogens is 396 g/mol. The summed E-state index contributed by atoms with van der Waals surface area (Å²) in [6.07, 6.45) is 0.287. The van der Waals surface area contributed by atoms with Gasteiger partial charge in [-0.25, -0.2) is 9.59 Å². The van der Waals surface area contributed by atoms with Crippen LogP contribution in [0.1, 0.15) is 54.4 Å². The summed E-state index contributed by atoms with van der Waals surface area (Å²) >= 11 is 0. The summed E-state index contributed by atoms with van der Waals surface area (Å²) < 4.78 is 19.2. The average molecular weight is 430 g/mol. The summed E-state index contributed by atoms with van der Waals surface area (Å²) in [6.45, 7) is 10.7. The lowest BCUT2D eigenvalue weighted by Crippen LogP contribution is -2.35. The maximum atomic E-state index is 11.3. The molecule has 30 heavy (non-hydrogen) atoms. The van der Waals surface area contributed by atoms with E-state index in [2.05, 4.69) is 20.1 Å². The number of esters is 2. The van der Waals surface area contributed by atoms with Crippen LogP contribution in [0, 0.1) is 11.8 Å². The third-order valence-electron chi connectivity index (χ3n) is 3.99. The number of alkyl carbamates (subject to hydrolysis) is 2. The molecule has 0 spiro atoms. The van der Waals surface area contributed by atoms with Crippen molar-refractivity contribution in [2.75, 3.05) is 14.2 Å². The van der Waals surface area contributed by atoms with E-state index in [1.165, 1.54) is 14.2 Å². The highest BCUT2D eigenvalue weighted by molar-refractivity contribution is 5.79. The van der Waals surface area contributed by atoms with E-state index >= 15 is 0 Å². The van der Waals surface area contributed by atoms with Gasteiger partial charge in [0.2, 0.25) is 0 Å². The Morgan fingerprint density at radius 1 is 0.667 bits per heavy atom. The van der Waals surface area contributed by atoms with Crippen molar-refractivity contribution in [3.8, 4) is 0 Å². The van der Waals surface area contributed by atoms with Crippen LogP contribution in [0.25, 0.3) is 0 Å². The van der Waals surface area contributed by atoms with Gasteiger partial charge in [0.15, 0.2) is 0 Å². The van der Waals surface area contributed by atoms with Crippen molar-refractivity contribution in [1.82, 2.24) is 10.6 Å². The Balaban J connectivity index is 0.000000300. The largest absolute Gasteiger partial charge is 0.469 e. The fourth-order valence-corrected chi connectivity index (χ4v) is 2.45. The zero-order chi connectivity index (χ0) is 23.3. The van der Waals surface area contributed by atoms with E-state index < -0.39 is 23.4 Å². The first kappa shape index (κ1) is 25.5. The molecule has 2 amide bonds. The Labute approximate surface area is 177 Å². The number of carbonyl (C=O) groups excluding carboxylic acids is 4. The predicted molar refractivity (Wildman–Crippen MR) is 107 cm³/mol. The summed E-state index contributed by atoms with van der Waals surface area (Å²) in [5.41, 5.74) is -1.03. The molecule has 10 nitrogen and oxygen atoms in total. The third-order valence-corrected chi connectivity index (χ3v) is 3.99. The van der Waals surface area contributed by atoms with Crippen LogP contribution in [-0.2, 0) is 28.5 Å². The molecule has 2 N–H and O–H groups in total. The molecule has 172 valence electrons. The number of ether oxygens (including phenoxy) is 4. The predicted octanol–water partition coefficient (Wildman–Crippen LogP) is 2.15. The number of nitrogens with one attached hydrogen (secondary N) is 2. The maximum Gasteiger partial charge on any atom is 0.407 e. The zero-order valence-electron chi connectivity index (χ0n) is 19.0. The first-order valence-corrected chi connectivity index (χ1v) is 9.81. The molecule has 0 aromatic heterocycles. The van der Waals surface area contributed by atoms with Crippen molar-refractivity contribution in [2.45, 2.75) is 77.7 Å². The lowest BCUT2D eigenvalue weighted by Gasteiger charge is -2.19. The van der Waals surface area contributed by atoms with Crippen LogP contribution in [-0.4, -0.2) is 61.6 Å². The Kier molecular flexibility index (Phi) is 8.50. The van der Waals surface area contributed by atoms with Crippen molar-refractivity contribution < 1.29 is 38.1 Å². The molecule has 2 rings (SSSR count). The van der Waals surface area contributed by atoms with Crippen molar-refractivity contribution in [3.63, 3.8) is 0 Å². The monoisotopic (exact) mass is 430 g/mol. The summed E-state index contributed by atoms with van der Waals surface area (Å²) in [4.78, 5) is 44.6. The van der Waals surface area contributed by atoms with E-state index in [4.69, 9.17) is 9.47 Å². The normalized spacial score (nSPS) is 24.3. The van der Waals surface area contributed by atoms with Gasteiger partial charge in [0, 0.05) is 12.1 Å². The van der Waals surface area contributed by atoms with Gasteiger partial charge in [0.05, 0.1) is 26.1 Å². The van der Waals surface area contributed by atoms with Gasteiger partial charge < -0.3 is 29.6 Å². The van der Waals surface area contributed by atoms with E-state index in [0.29, 0.717) is 12.8 Å². The third kappa shape index (κ3) is 9.80. The number of amides is 2. The van der Waals surface area contributed by atoms with Crippen molar-refractivity contribution in [3.05, 3.63) is 0 Å². The van der Waals surface area contributed by atoms with E-state index in [0.717, 1.165) is 0 Å². The van der Waals surface area contributed by atoms with Gasteiger partial charge in [-0.2, -0.15) is 0 Å². The first-order chi connectivity index (χ1) is 13.7. The molecule has 2 aliphatic rings.